The minimum Gasteiger partial charge on any atom is -0.480 e. The van der Waals surface area contributed by atoms with Gasteiger partial charge < -0.3 is 19.9 Å². The Kier molecular flexibility index (Phi) is 6.39. The molecule has 1 saturated heterocycles. The fourth-order valence-corrected chi connectivity index (χ4v) is 2.71. The molecule has 8 heteroatoms. The first-order valence-corrected chi connectivity index (χ1v) is 7.99. The van der Waals surface area contributed by atoms with Crippen LogP contribution >= 0.6 is 11.6 Å². The zero-order chi connectivity index (χ0) is 17.7. The molecule has 1 aromatic rings. The van der Waals surface area contributed by atoms with E-state index in [2.05, 4.69) is 5.32 Å². The van der Waals surface area contributed by atoms with Crippen molar-refractivity contribution < 1.29 is 28.6 Å². The second kappa shape index (κ2) is 8.30. The summed E-state index contributed by atoms with van der Waals surface area (Å²) in [4.78, 5) is 23.7. The first kappa shape index (κ1) is 18.5. The fraction of sp³-hybridized carbons (Fsp3) is 0.500. The molecule has 0 saturated carbocycles. The summed E-state index contributed by atoms with van der Waals surface area (Å²) >= 11 is 5.85. The van der Waals surface area contributed by atoms with E-state index in [0.717, 1.165) is 18.6 Å². The molecule has 2 N–H and O–H groups in total. The molecule has 1 aliphatic heterocycles. The largest absolute Gasteiger partial charge is 0.480 e. The van der Waals surface area contributed by atoms with Crippen LogP contribution in [0.25, 0.3) is 0 Å². The van der Waals surface area contributed by atoms with Gasteiger partial charge in [-0.2, -0.15) is 0 Å². The molecule has 3 atom stereocenters. The maximum absolute atomic E-state index is 13.0. The first-order chi connectivity index (χ1) is 11.4. The van der Waals surface area contributed by atoms with Crippen molar-refractivity contribution in [3.05, 3.63) is 29.0 Å². The molecule has 24 heavy (non-hydrogen) atoms. The number of amides is 1. The van der Waals surface area contributed by atoms with Gasteiger partial charge in [-0.3, -0.25) is 4.79 Å². The monoisotopic (exact) mass is 359 g/mol. The van der Waals surface area contributed by atoms with Crippen LogP contribution in [0.1, 0.15) is 19.8 Å². The van der Waals surface area contributed by atoms with Gasteiger partial charge in [0.05, 0.1) is 11.6 Å². The smallest absolute Gasteiger partial charge is 0.326 e. The predicted molar refractivity (Wildman–Crippen MR) is 84.6 cm³/mol. The van der Waals surface area contributed by atoms with E-state index in [0.29, 0.717) is 13.0 Å². The summed E-state index contributed by atoms with van der Waals surface area (Å²) < 4.78 is 23.7. The lowest BCUT2D eigenvalue weighted by Gasteiger charge is -2.29. The summed E-state index contributed by atoms with van der Waals surface area (Å²) in [5.74, 6) is -2.37. The molecule has 0 aromatic heterocycles. The Morgan fingerprint density at radius 3 is 2.83 bits per heavy atom. The van der Waals surface area contributed by atoms with E-state index in [-0.39, 0.29) is 23.3 Å². The fourth-order valence-electron chi connectivity index (χ4n) is 2.50. The highest BCUT2D eigenvalue weighted by atomic mass is 35.5. The van der Waals surface area contributed by atoms with Crippen LogP contribution in [0, 0.1) is 11.7 Å². The highest BCUT2D eigenvalue weighted by molar-refractivity contribution is 6.32. The van der Waals surface area contributed by atoms with Gasteiger partial charge in [-0.15, -0.1) is 0 Å². The summed E-state index contributed by atoms with van der Waals surface area (Å²) in [6.45, 7) is 2.35. The molecule has 132 valence electrons. The predicted octanol–water partition coefficient (Wildman–Crippen LogP) is 2.24. The van der Waals surface area contributed by atoms with Crippen LogP contribution in [-0.2, 0) is 14.3 Å². The minimum atomic E-state index is -1.12. The van der Waals surface area contributed by atoms with E-state index in [1.807, 2.05) is 0 Å². The molecule has 0 bridgehead atoms. The van der Waals surface area contributed by atoms with Gasteiger partial charge in [0.15, 0.2) is 6.10 Å². The molecule has 0 aliphatic carbocycles. The van der Waals surface area contributed by atoms with Crippen molar-refractivity contribution in [1.82, 2.24) is 5.32 Å². The number of rotatable bonds is 6. The quantitative estimate of drug-likeness (QED) is 0.813. The Morgan fingerprint density at radius 2 is 2.25 bits per heavy atom. The Bertz CT molecular complexity index is 606. The van der Waals surface area contributed by atoms with Crippen LogP contribution in [0.4, 0.5) is 4.39 Å². The maximum atomic E-state index is 13.0. The van der Waals surface area contributed by atoms with E-state index >= 15 is 0 Å². The first-order valence-electron chi connectivity index (χ1n) is 7.61. The van der Waals surface area contributed by atoms with Crippen molar-refractivity contribution in [3.8, 4) is 5.75 Å². The molecule has 1 amide bonds. The average Bonchev–Trinajstić information content (AvgIpc) is 2.55. The molecule has 3 unspecified atom stereocenters. The van der Waals surface area contributed by atoms with Crippen molar-refractivity contribution >= 4 is 23.5 Å². The summed E-state index contributed by atoms with van der Waals surface area (Å²) in [5.41, 5.74) is 0. The van der Waals surface area contributed by atoms with Gasteiger partial charge in [0.25, 0.3) is 5.91 Å². The van der Waals surface area contributed by atoms with Crippen molar-refractivity contribution in [2.75, 3.05) is 13.2 Å². The molecule has 2 rings (SSSR count). The number of carboxylic acids is 1. The molecule has 0 spiro atoms. The van der Waals surface area contributed by atoms with Crippen molar-refractivity contribution in [1.29, 1.82) is 0 Å². The SMILES string of the molecule is CC(Oc1ccc(F)cc1Cl)C(=O)NC(C(=O)O)C1CCCOC1. The molecule has 1 heterocycles. The van der Waals surface area contributed by atoms with Crippen LogP contribution in [0.5, 0.6) is 5.75 Å². The number of carbonyl (C=O) groups is 2. The summed E-state index contributed by atoms with van der Waals surface area (Å²) in [7, 11) is 0. The maximum Gasteiger partial charge on any atom is 0.326 e. The van der Waals surface area contributed by atoms with Crippen LogP contribution < -0.4 is 10.1 Å². The number of halogens is 2. The molecule has 1 fully saturated rings. The number of ether oxygens (including phenoxy) is 2. The average molecular weight is 360 g/mol. The molecule has 0 radical (unpaired) electrons. The highest BCUT2D eigenvalue weighted by Gasteiger charge is 2.32. The van der Waals surface area contributed by atoms with Crippen LogP contribution in [0.3, 0.4) is 0 Å². The van der Waals surface area contributed by atoms with Gasteiger partial charge in [0, 0.05) is 12.5 Å². The third kappa shape index (κ3) is 4.82. The Morgan fingerprint density at radius 1 is 1.50 bits per heavy atom. The number of hydrogen-bond donors (Lipinski definition) is 2. The van der Waals surface area contributed by atoms with Gasteiger partial charge in [0.1, 0.15) is 17.6 Å². The molecule has 1 aliphatic rings. The number of carbonyl (C=O) groups excluding carboxylic acids is 1. The molecule has 1 aromatic carbocycles. The number of carboxylic acid groups (broad SMARTS) is 1. The lowest BCUT2D eigenvalue weighted by molar-refractivity contribution is -0.146. The standard InChI is InChI=1S/C16H19ClFNO5/c1-9(24-13-5-4-11(18)7-12(13)17)15(20)19-14(16(21)22)10-3-2-6-23-8-10/h4-5,7,9-10,14H,2-3,6,8H2,1H3,(H,19,20)(H,21,22). The van der Waals surface area contributed by atoms with Gasteiger partial charge in [-0.05, 0) is 38.0 Å². The zero-order valence-electron chi connectivity index (χ0n) is 13.1. The minimum absolute atomic E-state index is 0.0325. The van der Waals surface area contributed by atoms with Crippen molar-refractivity contribution in [2.45, 2.75) is 31.9 Å². The number of aliphatic carboxylic acids is 1. The van der Waals surface area contributed by atoms with Gasteiger partial charge >= 0.3 is 5.97 Å². The molecule has 6 nitrogen and oxygen atoms in total. The van der Waals surface area contributed by atoms with Gasteiger partial charge in [0.2, 0.25) is 0 Å². The topological polar surface area (TPSA) is 84.9 Å². The highest BCUT2D eigenvalue weighted by Crippen LogP contribution is 2.26. The van der Waals surface area contributed by atoms with Gasteiger partial charge in [-0.25, -0.2) is 9.18 Å². The Balaban J connectivity index is 1.99. The van der Waals surface area contributed by atoms with Crippen molar-refractivity contribution in [2.24, 2.45) is 5.92 Å². The van der Waals surface area contributed by atoms with E-state index in [1.165, 1.54) is 13.0 Å². The van der Waals surface area contributed by atoms with E-state index < -0.39 is 29.8 Å². The lowest BCUT2D eigenvalue weighted by Crippen LogP contribution is -2.51. The summed E-state index contributed by atoms with van der Waals surface area (Å²) in [6.07, 6.45) is 0.428. The third-order valence-corrected chi connectivity index (χ3v) is 4.09. The van der Waals surface area contributed by atoms with Crippen LogP contribution in [0.15, 0.2) is 18.2 Å². The number of hydrogen-bond acceptors (Lipinski definition) is 4. The Labute approximate surface area is 143 Å². The second-order valence-electron chi connectivity index (χ2n) is 5.64. The van der Waals surface area contributed by atoms with Gasteiger partial charge in [-0.1, -0.05) is 11.6 Å². The van der Waals surface area contributed by atoms with Crippen LogP contribution in [-0.4, -0.2) is 42.3 Å². The third-order valence-electron chi connectivity index (χ3n) is 3.80. The summed E-state index contributed by atoms with van der Waals surface area (Å²) in [5, 5.41) is 11.9. The Hall–Kier alpha value is -1.86. The zero-order valence-corrected chi connectivity index (χ0v) is 13.9. The van der Waals surface area contributed by atoms with Crippen molar-refractivity contribution in [3.63, 3.8) is 0 Å². The van der Waals surface area contributed by atoms with Crippen LogP contribution in [0.2, 0.25) is 5.02 Å². The normalized spacial score (nSPS) is 20.0. The van der Waals surface area contributed by atoms with E-state index in [1.54, 1.807) is 0 Å². The molecular weight excluding hydrogens is 341 g/mol. The lowest BCUT2D eigenvalue weighted by atomic mass is 9.93. The van der Waals surface area contributed by atoms with E-state index in [9.17, 15) is 19.1 Å². The summed E-state index contributed by atoms with van der Waals surface area (Å²) in [6, 6.07) is 2.49. The second-order valence-corrected chi connectivity index (χ2v) is 6.04. The molecular formula is C16H19ClFNO5. The number of nitrogens with one attached hydrogen (secondary N) is 1. The van der Waals surface area contributed by atoms with E-state index in [4.69, 9.17) is 21.1 Å². The number of benzene rings is 1.